The van der Waals surface area contributed by atoms with Crippen molar-refractivity contribution in [1.29, 1.82) is 0 Å². The SMILES string of the molecule is CC(C)(CN)c1ccc2ccc(C(F)(F)F)cc2c1. The minimum absolute atomic E-state index is 0.248. The van der Waals surface area contributed by atoms with Crippen LogP contribution in [-0.2, 0) is 11.6 Å². The smallest absolute Gasteiger partial charge is 0.330 e. The molecule has 0 saturated carbocycles. The maximum absolute atomic E-state index is 12.7. The van der Waals surface area contributed by atoms with Crippen LogP contribution < -0.4 is 5.73 Å². The van der Waals surface area contributed by atoms with Gasteiger partial charge >= 0.3 is 6.18 Å². The van der Waals surface area contributed by atoms with Crippen LogP contribution in [0.4, 0.5) is 13.2 Å². The van der Waals surface area contributed by atoms with Crippen molar-refractivity contribution < 1.29 is 13.2 Å². The van der Waals surface area contributed by atoms with Crippen LogP contribution in [0.1, 0.15) is 25.0 Å². The van der Waals surface area contributed by atoms with Crippen molar-refractivity contribution in [1.82, 2.24) is 0 Å². The number of hydrogen-bond acceptors (Lipinski definition) is 1. The second kappa shape index (κ2) is 4.53. The van der Waals surface area contributed by atoms with Gasteiger partial charge in [0, 0.05) is 12.0 Å². The van der Waals surface area contributed by atoms with Crippen molar-refractivity contribution >= 4 is 10.8 Å². The molecule has 0 aliphatic carbocycles. The molecule has 0 radical (unpaired) electrons. The molecule has 2 aromatic rings. The highest BCUT2D eigenvalue weighted by atomic mass is 19.4. The van der Waals surface area contributed by atoms with Crippen molar-refractivity contribution in [3.63, 3.8) is 0 Å². The van der Waals surface area contributed by atoms with E-state index in [1.807, 2.05) is 26.0 Å². The first kappa shape index (κ1) is 13.9. The molecule has 0 amide bonds. The van der Waals surface area contributed by atoms with Crippen LogP contribution in [0.5, 0.6) is 0 Å². The fraction of sp³-hybridized carbons (Fsp3) is 0.333. The lowest BCUT2D eigenvalue weighted by molar-refractivity contribution is -0.137. The van der Waals surface area contributed by atoms with E-state index in [-0.39, 0.29) is 5.41 Å². The molecular formula is C15H16F3N. The van der Waals surface area contributed by atoms with E-state index in [0.717, 1.165) is 17.0 Å². The van der Waals surface area contributed by atoms with E-state index in [9.17, 15) is 13.2 Å². The van der Waals surface area contributed by atoms with Crippen LogP contribution >= 0.6 is 0 Å². The molecule has 0 unspecified atom stereocenters. The second-order valence-electron chi connectivity index (χ2n) is 5.36. The lowest BCUT2D eigenvalue weighted by Crippen LogP contribution is -2.27. The van der Waals surface area contributed by atoms with Gasteiger partial charge in [0.25, 0.3) is 0 Å². The van der Waals surface area contributed by atoms with Gasteiger partial charge in [-0.1, -0.05) is 38.1 Å². The minimum atomic E-state index is -4.31. The number of benzene rings is 2. The summed E-state index contributed by atoms with van der Waals surface area (Å²) < 4.78 is 38.1. The molecule has 0 spiro atoms. The molecule has 0 fully saturated rings. The Labute approximate surface area is 110 Å². The van der Waals surface area contributed by atoms with Gasteiger partial charge in [0.1, 0.15) is 0 Å². The van der Waals surface area contributed by atoms with Crippen LogP contribution in [0.3, 0.4) is 0 Å². The van der Waals surface area contributed by atoms with Gasteiger partial charge in [0.05, 0.1) is 5.56 Å². The molecule has 0 saturated heterocycles. The van der Waals surface area contributed by atoms with E-state index in [1.165, 1.54) is 12.1 Å². The molecule has 0 heterocycles. The molecule has 4 heteroatoms. The molecule has 19 heavy (non-hydrogen) atoms. The number of rotatable bonds is 2. The van der Waals surface area contributed by atoms with Gasteiger partial charge in [-0.2, -0.15) is 13.2 Å². The predicted octanol–water partition coefficient (Wildman–Crippen LogP) is 4.09. The average molecular weight is 267 g/mol. The summed E-state index contributed by atoms with van der Waals surface area (Å²) >= 11 is 0. The lowest BCUT2D eigenvalue weighted by atomic mass is 9.84. The van der Waals surface area contributed by atoms with Gasteiger partial charge in [0.2, 0.25) is 0 Å². The predicted molar refractivity (Wildman–Crippen MR) is 71.0 cm³/mol. The third-order valence-corrected chi connectivity index (χ3v) is 3.46. The quantitative estimate of drug-likeness (QED) is 0.871. The zero-order valence-electron chi connectivity index (χ0n) is 10.9. The van der Waals surface area contributed by atoms with E-state index in [2.05, 4.69) is 0 Å². The Morgan fingerprint density at radius 3 is 1.95 bits per heavy atom. The molecule has 102 valence electrons. The van der Waals surface area contributed by atoms with E-state index < -0.39 is 11.7 Å². The third-order valence-electron chi connectivity index (χ3n) is 3.46. The standard InChI is InChI=1S/C15H16F3N/c1-14(2,9-19)12-5-3-10-4-6-13(15(16,17)18)8-11(10)7-12/h3-8H,9,19H2,1-2H3. The van der Waals surface area contributed by atoms with Crippen LogP contribution in [0.2, 0.25) is 0 Å². The second-order valence-corrected chi connectivity index (χ2v) is 5.36. The third kappa shape index (κ3) is 2.73. The van der Waals surface area contributed by atoms with Crippen LogP contribution in [-0.4, -0.2) is 6.54 Å². The average Bonchev–Trinajstić information content (AvgIpc) is 2.36. The Kier molecular flexibility index (Phi) is 3.31. The summed E-state index contributed by atoms with van der Waals surface area (Å²) in [4.78, 5) is 0. The van der Waals surface area contributed by atoms with Crippen LogP contribution in [0.15, 0.2) is 36.4 Å². The summed E-state index contributed by atoms with van der Waals surface area (Å²) in [6, 6.07) is 9.33. The van der Waals surface area contributed by atoms with E-state index >= 15 is 0 Å². The van der Waals surface area contributed by atoms with Crippen molar-refractivity contribution in [2.75, 3.05) is 6.54 Å². The zero-order valence-corrected chi connectivity index (χ0v) is 10.9. The first-order valence-electron chi connectivity index (χ1n) is 6.05. The van der Waals surface area contributed by atoms with Gasteiger partial charge in [-0.05, 0) is 28.5 Å². The van der Waals surface area contributed by atoms with E-state index in [4.69, 9.17) is 5.73 Å². The maximum atomic E-state index is 12.7. The first-order valence-corrected chi connectivity index (χ1v) is 6.05. The summed E-state index contributed by atoms with van der Waals surface area (Å²) in [7, 11) is 0. The Bertz CT molecular complexity index is 600. The van der Waals surface area contributed by atoms with Gasteiger partial charge in [0.15, 0.2) is 0 Å². The van der Waals surface area contributed by atoms with Crippen molar-refractivity contribution in [2.24, 2.45) is 5.73 Å². The number of alkyl halides is 3. The summed E-state index contributed by atoms with van der Waals surface area (Å²) in [6.07, 6.45) is -4.31. The van der Waals surface area contributed by atoms with Crippen molar-refractivity contribution in [3.05, 3.63) is 47.5 Å². The number of halogens is 3. The lowest BCUT2D eigenvalue weighted by Gasteiger charge is -2.23. The fourth-order valence-corrected chi connectivity index (χ4v) is 1.96. The molecule has 2 aromatic carbocycles. The van der Waals surface area contributed by atoms with Gasteiger partial charge in [-0.3, -0.25) is 0 Å². The molecule has 2 rings (SSSR count). The summed E-state index contributed by atoms with van der Waals surface area (Å²) in [6.45, 7) is 4.39. The molecule has 0 aliphatic heterocycles. The van der Waals surface area contributed by atoms with Crippen LogP contribution in [0.25, 0.3) is 10.8 Å². The number of nitrogens with two attached hydrogens (primary N) is 1. The maximum Gasteiger partial charge on any atom is 0.416 e. The summed E-state index contributed by atoms with van der Waals surface area (Å²) in [5.74, 6) is 0. The van der Waals surface area contributed by atoms with E-state index in [1.54, 1.807) is 6.07 Å². The number of fused-ring (bicyclic) bond motifs is 1. The Morgan fingerprint density at radius 2 is 1.42 bits per heavy atom. The molecule has 0 aromatic heterocycles. The topological polar surface area (TPSA) is 26.0 Å². The van der Waals surface area contributed by atoms with Gasteiger partial charge in [-0.15, -0.1) is 0 Å². The zero-order chi connectivity index (χ0) is 14.3. The van der Waals surface area contributed by atoms with Gasteiger partial charge in [-0.25, -0.2) is 0 Å². The highest BCUT2D eigenvalue weighted by molar-refractivity contribution is 5.84. The normalized spacial score (nSPS) is 12.9. The fourth-order valence-electron chi connectivity index (χ4n) is 1.96. The molecule has 0 aliphatic rings. The highest BCUT2D eigenvalue weighted by Crippen LogP contribution is 2.33. The molecule has 2 N–H and O–H groups in total. The van der Waals surface area contributed by atoms with E-state index in [0.29, 0.717) is 11.9 Å². The first-order chi connectivity index (χ1) is 8.74. The van der Waals surface area contributed by atoms with Gasteiger partial charge < -0.3 is 5.73 Å². The Morgan fingerprint density at radius 1 is 0.895 bits per heavy atom. The highest BCUT2D eigenvalue weighted by Gasteiger charge is 2.30. The molecule has 1 nitrogen and oxygen atoms in total. The van der Waals surface area contributed by atoms with Crippen molar-refractivity contribution in [2.45, 2.75) is 25.4 Å². The minimum Gasteiger partial charge on any atom is -0.330 e. The summed E-state index contributed by atoms with van der Waals surface area (Å²) in [5, 5.41) is 1.39. The molecular weight excluding hydrogens is 251 g/mol. The Balaban J connectivity index is 2.58. The monoisotopic (exact) mass is 267 g/mol. The largest absolute Gasteiger partial charge is 0.416 e. The summed E-state index contributed by atoms with van der Waals surface area (Å²) in [5.41, 5.74) is 5.78. The number of hydrogen-bond donors (Lipinski definition) is 1. The van der Waals surface area contributed by atoms with Crippen molar-refractivity contribution in [3.8, 4) is 0 Å². The Hall–Kier alpha value is -1.55. The molecule has 0 bridgehead atoms. The van der Waals surface area contributed by atoms with Crippen LogP contribution in [0, 0.1) is 0 Å². The molecule has 0 atom stereocenters.